The molecule has 0 aromatic carbocycles. The quantitative estimate of drug-likeness (QED) is 0.282. The van der Waals surface area contributed by atoms with E-state index in [1.165, 1.54) is 0 Å². The number of hydrogen-bond donors (Lipinski definition) is 2. The van der Waals surface area contributed by atoms with Crippen molar-refractivity contribution in [2.24, 2.45) is 0 Å². The highest BCUT2D eigenvalue weighted by atomic mass is 79.9. The molecule has 0 aromatic rings. The molecule has 0 radical (unpaired) electrons. The van der Waals surface area contributed by atoms with Gasteiger partial charge in [-0.05, 0) is 118 Å². The molecule has 0 saturated carbocycles. The summed E-state index contributed by atoms with van der Waals surface area (Å²) in [5, 5.41) is 21.3. The van der Waals surface area contributed by atoms with Crippen LogP contribution in [0.3, 0.4) is 0 Å². The van der Waals surface area contributed by atoms with Crippen molar-refractivity contribution < 1.29 is 29.2 Å². The largest absolute Gasteiger partial charge is 0.390 e. The van der Waals surface area contributed by atoms with Crippen LogP contribution in [0, 0.1) is 0 Å². The molecular formula is C30H51BrO6. The topological polar surface area (TPSA) is 77.4 Å². The number of halogens is 1. The van der Waals surface area contributed by atoms with E-state index in [2.05, 4.69) is 50.2 Å². The van der Waals surface area contributed by atoms with Crippen molar-refractivity contribution in [2.75, 3.05) is 0 Å². The molecule has 0 spiro atoms. The van der Waals surface area contributed by atoms with Gasteiger partial charge in [0.1, 0.15) is 0 Å². The van der Waals surface area contributed by atoms with E-state index in [0.717, 1.165) is 56.9 Å². The van der Waals surface area contributed by atoms with Crippen LogP contribution in [-0.2, 0) is 18.9 Å². The first-order valence-corrected chi connectivity index (χ1v) is 15.3. The van der Waals surface area contributed by atoms with Gasteiger partial charge in [-0.25, -0.2) is 0 Å². The summed E-state index contributed by atoms with van der Waals surface area (Å²) in [7, 11) is 0. The second kappa shape index (κ2) is 10.4. The van der Waals surface area contributed by atoms with Crippen molar-refractivity contribution in [2.45, 2.75) is 176 Å². The first-order valence-electron chi connectivity index (χ1n) is 14.4. The Bertz CT molecular complexity index is 840. The van der Waals surface area contributed by atoms with Gasteiger partial charge in [0.25, 0.3) is 0 Å². The van der Waals surface area contributed by atoms with Crippen LogP contribution in [0.15, 0.2) is 12.2 Å². The number of aliphatic hydroxyl groups excluding tert-OH is 1. The van der Waals surface area contributed by atoms with E-state index in [1.54, 1.807) is 13.8 Å². The van der Waals surface area contributed by atoms with Gasteiger partial charge in [-0.3, -0.25) is 0 Å². The summed E-state index contributed by atoms with van der Waals surface area (Å²) in [4.78, 5) is 0.357. The van der Waals surface area contributed by atoms with Crippen LogP contribution < -0.4 is 0 Å². The van der Waals surface area contributed by atoms with Crippen molar-refractivity contribution in [3.05, 3.63) is 12.2 Å². The van der Waals surface area contributed by atoms with Crippen LogP contribution >= 0.6 is 15.9 Å². The number of rotatable bonds is 7. The SMILES string of the molecule is C=C(CC[C@H](O)[C@@]1(C)CC[C@H](C(C)(C)O)O1)[C@H]1CC[C@H]2O[C@@H]([C@]3(C)CC[C@@H](Br)C(C)(C)O3)CC[C@@]2(C)O1. The van der Waals surface area contributed by atoms with Crippen molar-refractivity contribution in [3.8, 4) is 0 Å². The van der Waals surface area contributed by atoms with Crippen LogP contribution in [0.25, 0.3) is 0 Å². The average molecular weight is 588 g/mol. The highest BCUT2D eigenvalue weighted by molar-refractivity contribution is 9.09. The fraction of sp³-hybridized carbons (Fsp3) is 0.933. The van der Waals surface area contributed by atoms with Crippen molar-refractivity contribution in [3.63, 3.8) is 0 Å². The normalized spacial score (nSPS) is 45.3. The van der Waals surface area contributed by atoms with Crippen LogP contribution in [0.2, 0.25) is 0 Å². The maximum absolute atomic E-state index is 11.0. The number of fused-ring (bicyclic) bond motifs is 1. The Morgan fingerprint density at radius 3 is 2.22 bits per heavy atom. The summed E-state index contributed by atoms with van der Waals surface area (Å²) < 4.78 is 26.2. The van der Waals surface area contributed by atoms with Gasteiger partial charge in [-0.1, -0.05) is 22.5 Å². The van der Waals surface area contributed by atoms with Crippen molar-refractivity contribution in [1.82, 2.24) is 0 Å². The zero-order chi connectivity index (χ0) is 27.4. The van der Waals surface area contributed by atoms with Gasteiger partial charge in [0.2, 0.25) is 0 Å². The highest BCUT2D eigenvalue weighted by Crippen LogP contribution is 2.48. The Labute approximate surface area is 233 Å². The minimum absolute atomic E-state index is 0.0235. The Hall–Kier alpha value is -0.0200. The molecule has 0 bridgehead atoms. The number of alkyl halides is 1. The molecule has 0 aliphatic carbocycles. The number of aliphatic hydroxyl groups is 2. The fourth-order valence-electron chi connectivity index (χ4n) is 7.02. The van der Waals surface area contributed by atoms with E-state index >= 15 is 0 Å². The molecule has 4 aliphatic heterocycles. The summed E-state index contributed by atoms with van der Waals surface area (Å²) in [6.45, 7) is 18.6. The van der Waals surface area contributed by atoms with E-state index in [0.29, 0.717) is 17.7 Å². The van der Waals surface area contributed by atoms with E-state index in [-0.39, 0.29) is 41.2 Å². The predicted octanol–water partition coefficient (Wildman–Crippen LogP) is 5.99. The molecule has 6 nitrogen and oxygen atoms in total. The molecule has 4 fully saturated rings. The second-order valence-corrected chi connectivity index (χ2v) is 15.1. The highest BCUT2D eigenvalue weighted by Gasteiger charge is 2.54. The molecule has 0 amide bonds. The standard InChI is InChI=1S/C30H51BrO6/c1-19(9-11-22(32)28(6)17-14-23(36-28)26(2,3)33)20-10-12-24-29(7,35-20)18-15-25(34-24)30(8)16-13-21(31)27(4,5)37-30/h20-25,32-33H,1,9-18H2,2-8H3/t20-,21-,22+,23-,24-,25-,28-,29-,30+/m1/s1. The van der Waals surface area contributed by atoms with Gasteiger partial charge in [0.15, 0.2) is 0 Å². The Kier molecular flexibility index (Phi) is 8.44. The van der Waals surface area contributed by atoms with E-state index in [9.17, 15) is 10.2 Å². The Balaban J connectivity index is 1.29. The van der Waals surface area contributed by atoms with Gasteiger partial charge in [0.05, 0.1) is 58.5 Å². The van der Waals surface area contributed by atoms with Gasteiger partial charge in [-0.2, -0.15) is 0 Å². The number of ether oxygens (including phenoxy) is 4. The lowest BCUT2D eigenvalue weighted by Crippen LogP contribution is -2.62. The Morgan fingerprint density at radius 2 is 1.59 bits per heavy atom. The average Bonchev–Trinajstić information content (AvgIpc) is 3.22. The molecule has 214 valence electrons. The lowest BCUT2D eigenvalue weighted by molar-refractivity contribution is -0.285. The molecule has 9 atom stereocenters. The minimum atomic E-state index is -0.906. The third kappa shape index (κ3) is 6.18. The monoisotopic (exact) mass is 586 g/mol. The van der Waals surface area contributed by atoms with Crippen LogP contribution in [0.1, 0.15) is 113 Å². The molecule has 37 heavy (non-hydrogen) atoms. The fourth-order valence-corrected chi connectivity index (χ4v) is 7.34. The Morgan fingerprint density at radius 1 is 0.946 bits per heavy atom. The van der Waals surface area contributed by atoms with E-state index in [1.807, 2.05) is 6.92 Å². The van der Waals surface area contributed by atoms with Gasteiger partial charge >= 0.3 is 0 Å². The van der Waals surface area contributed by atoms with Crippen LogP contribution in [0.5, 0.6) is 0 Å². The molecular weight excluding hydrogens is 536 g/mol. The van der Waals surface area contributed by atoms with Crippen molar-refractivity contribution >= 4 is 15.9 Å². The smallest absolute Gasteiger partial charge is 0.0924 e. The molecule has 4 heterocycles. The summed E-state index contributed by atoms with van der Waals surface area (Å²) in [5.41, 5.74) is -1.34. The zero-order valence-electron chi connectivity index (χ0n) is 24.1. The van der Waals surface area contributed by atoms with Crippen molar-refractivity contribution in [1.29, 1.82) is 0 Å². The van der Waals surface area contributed by atoms with Gasteiger partial charge in [-0.15, -0.1) is 0 Å². The first-order chi connectivity index (χ1) is 17.0. The second-order valence-electron chi connectivity index (χ2n) is 14.0. The maximum Gasteiger partial charge on any atom is 0.0924 e. The molecule has 4 saturated heterocycles. The third-order valence-corrected chi connectivity index (χ3v) is 11.4. The van der Waals surface area contributed by atoms with Gasteiger partial charge in [0, 0.05) is 4.83 Å². The lowest BCUT2D eigenvalue weighted by Gasteiger charge is -2.55. The first kappa shape index (κ1) is 30.0. The summed E-state index contributed by atoms with van der Waals surface area (Å²) in [6, 6.07) is 0. The molecule has 7 heteroatoms. The zero-order valence-corrected chi connectivity index (χ0v) is 25.7. The number of hydrogen-bond acceptors (Lipinski definition) is 6. The third-order valence-electron chi connectivity index (χ3n) is 9.84. The molecule has 4 rings (SSSR count). The summed E-state index contributed by atoms with van der Waals surface area (Å²) in [6.07, 6.45) is 7.74. The maximum atomic E-state index is 11.0. The predicted molar refractivity (Wildman–Crippen MR) is 149 cm³/mol. The van der Waals surface area contributed by atoms with E-state index < -0.39 is 17.3 Å². The van der Waals surface area contributed by atoms with Gasteiger partial charge < -0.3 is 29.2 Å². The van der Waals surface area contributed by atoms with E-state index in [4.69, 9.17) is 18.9 Å². The molecule has 2 N–H and O–H groups in total. The molecule has 0 aromatic heterocycles. The molecule has 4 aliphatic rings. The molecule has 0 unspecified atom stereocenters. The summed E-state index contributed by atoms with van der Waals surface area (Å²) in [5.74, 6) is 0. The van der Waals surface area contributed by atoms with Crippen LogP contribution in [-0.4, -0.2) is 73.6 Å². The summed E-state index contributed by atoms with van der Waals surface area (Å²) >= 11 is 3.80. The van der Waals surface area contributed by atoms with Crippen LogP contribution in [0.4, 0.5) is 0 Å². The lowest BCUT2D eigenvalue weighted by atomic mass is 9.76. The minimum Gasteiger partial charge on any atom is -0.390 e.